The van der Waals surface area contributed by atoms with Gasteiger partial charge in [-0.15, -0.1) is 11.3 Å². The van der Waals surface area contributed by atoms with E-state index >= 15 is 0 Å². The summed E-state index contributed by atoms with van der Waals surface area (Å²) in [5.41, 5.74) is 1.82. The number of likely N-dealkylation sites (tertiary alicyclic amines) is 1. The van der Waals surface area contributed by atoms with Crippen LogP contribution in [0.2, 0.25) is 0 Å². The van der Waals surface area contributed by atoms with E-state index in [0.717, 1.165) is 16.0 Å². The third kappa shape index (κ3) is 2.66. The molecule has 0 saturated carbocycles. The Kier molecular flexibility index (Phi) is 3.46. The van der Waals surface area contributed by atoms with Crippen LogP contribution in [0.5, 0.6) is 0 Å². The standard InChI is InChI=1S/C17H15N3O2S/c1-11-4-2-5-12(8-11)17(21)20-9-13(10-20)16-18-15(19-22-16)14-6-3-7-23-14/h2-8,13H,9-10H2,1H3. The lowest BCUT2D eigenvalue weighted by atomic mass is 9.98. The van der Waals surface area contributed by atoms with Crippen LogP contribution in [0.25, 0.3) is 10.7 Å². The van der Waals surface area contributed by atoms with Crippen LogP contribution in [0.3, 0.4) is 0 Å². The number of rotatable bonds is 3. The topological polar surface area (TPSA) is 59.2 Å². The van der Waals surface area contributed by atoms with Crippen molar-refractivity contribution in [3.8, 4) is 10.7 Å². The van der Waals surface area contributed by atoms with Gasteiger partial charge in [0.15, 0.2) is 0 Å². The number of hydrogen-bond donors (Lipinski definition) is 0. The molecule has 116 valence electrons. The molecule has 0 N–H and O–H groups in total. The molecule has 0 radical (unpaired) electrons. The summed E-state index contributed by atoms with van der Waals surface area (Å²) in [6.45, 7) is 3.23. The van der Waals surface area contributed by atoms with Gasteiger partial charge in [0, 0.05) is 18.7 Å². The van der Waals surface area contributed by atoms with Gasteiger partial charge >= 0.3 is 0 Å². The molecule has 4 rings (SSSR count). The number of carbonyl (C=O) groups excluding carboxylic acids is 1. The highest BCUT2D eigenvalue weighted by atomic mass is 32.1. The Morgan fingerprint density at radius 2 is 2.17 bits per heavy atom. The maximum absolute atomic E-state index is 12.4. The molecule has 1 aromatic carbocycles. The van der Waals surface area contributed by atoms with Gasteiger partial charge in [-0.05, 0) is 30.5 Å². The van der Waals surface area contributed by atoms with Gasteiger partial charge < -0.3 is 9.42 Å². The monoisotopic (exact) mass is 325 g/mol. The predicted molar refractivity (Wildman–Crippen MR) is 87.4 cm³/mol. The third-order valence-electron chi connectivity index (χ3n) is 3.97. The highest BCUT2D eigenvalue weighted by molar-refractivity contribution is 7.13. The summed E-state index contributed by atoms with van der Waals surface area (Å²) in [6, 6.07) is 11.6. The maximum Gasteiger partial charge on any atom is 0.253 e. The molecule has 3 aromatic rings. The van der Waals surface area contributed by atoms with E-state index in [-0.39, 0.29) is 11.8 Å². The van der Waals surface area contributed by atoms with Gasteiger partial charge in [0.1, 0.15) is 0 Å². The predicted octanol–water partition coefficient (Wildman–Crippen LogP) is 3.35. The molecule has 0 spiro atoms. The first-order valence-electron chi connectivity index (χ1n) is 7.44. The third-order valence-corrected chi connectivity index (χ3v) is 4.83. The molecule has 0 bridgehead atoms. The molecule has 3 heterocycles. The number of thiophene rings is 1. The number of nitrogens with zero attached hydrogens (tertiary/aromatic N) is 3. The zero-order valence-corrected chi connectivity index (χ0v) is 13.4. The van der Waals surface area contributed by atoms with Crippen LogP contribution in [0, 0.1) is 6.92 Å². The lowest BCUT2D eigenvalue weighted by Gasteiger charge is -2.37. The van der Waals surface area contributed by atoms with Crippen molar-refractivity contribution in [2.45, 2.75) is 12.8 Å². The van der Waals surface area contributed by atoms with Crippen molar-refractivity contribution >= 4 is 17.2 Å². The van der Waals surface area contributed by atoms with E-state index in [4.69, 9.17) is 4.52 Å². The van der Waals surface area contributed by atoms with Crippen molar-refractivity contribution in [1.29, 1.82) is 0 Å². The van der Waals surface area contributed by atoms with Crippen molar-refractivity contribution in [1.82, 2.24) is 15.0 Å². The first-order valence-corrected chi connectivity index (χ1v) is 8.32. The Morgan fingerprint density at radius 1 is 1.30 bits per heavy atom. The fourth-order valence-corrected chi connectivity index (χ4v) is 3.32. The molecule has 1 aliphatic rings. The van der Waals surface area contributed by atoms with E-state index in [0.29, 0.717) is 24.8 Å². The zero-order chi connectivity index (χ0) is 15.8. The van der Waals surface area contributed by atoms with Gasteiger partial charge in [-0.25, -0.2) is 0 Å². The number of aryl methyl sites for hydroxylation is 1. The summed E-state index contributed by atoms with van der Waals surface area (Å²) in [5.74, 6) is 1.42. The first-order chi connectivity index (χ1) is 11.2. The quantitative estimate of drug-likeness (QED) is 0.741. The average molecular weight is 325 g/mol. The summed E-state index contributed by atoms with van der Waals surface area (Å²) < 4.78 is 5.35. The second-order valence-electron chi connectivity index (χ2n) is 5.71. The van der Waals surface area contributed by atoms with E-state index < -0.39 is 0 Å². The molecule has 5 nitrogen and oxygen atoms in total. The summed E-state index contributed by atoms with van der Waals surface area (Å²) in [5, 5.41) is 6.01. The minimum absolute atomic E-state index is 0.0583. The summed E-state index contributed by atoms with van der Waals surface area (Å²) in [4.78, 5) is 19.7. The molecule has 1 saturated heterocycles. The number of carbonyl (C=O) groups is 1. The minimum Gasteiger partial charge on any atom is -0.339 e. The molecule has 23 heavy (non-hydrogen) atoms. The first kappa shape index (κ1) is 14.1. The largest absolute Gasteiger partial charge is 0.339 e. The number of amides is 1. The van der Waals surface area contributed by atoms with Gasteiger partial charge in [-0.1, -0.05) is 28.9 Å². The summed E-state index contributed by atoms with van der Waals surface area (Å²) >= 11 is 1.58. The molecule has 0 atom stereocenters. The molecule has 1 amide bonds. The number of benzene rings is 1. The van der Waals surface area contributed by atoms with Crippen LogP contribution in [0.15, 0.2) is 46.3 Å². The molecule has 0 aliphatic carbocycles. The molecule has 1 fully saturated rings. The van der Waals surface area contributed by atoms with Gasteiger partial charge in [0.2, 0.25) is 11.7 Å². The molecular formula is C17H15N3O2S. The molecule has 6 heteroatoms. The fraction of sp³-hybridized carbons (Fsp3) is 0.235. The van der Waals surface area contributed by atoms with Gasteiger partial charge in [-0.3, -0.25) is 4.79 Å². The van der Waals surface area contributed by atoms with E-state index in [9.17, 15) is 4.79 Å². The lowest BCUT2D eigenvalue weighted by molar-refractivity contribution is 0.0569. The van der Waals surface area contributed by atoms with E-state index in [2.05, 4.69) is 10.1 Å². The number of hydrogen-bond acceptors (Lipinski definition) is 5. The number of aromatic nitrogens is 2. The SMILES string of the molecule is Cc1cccc(C(=O)N2CC(c3nc(-c4cccs4)no3)C2)c1. The highest BCUT2D eigenvalue weighted by Crippen LogP contribution is 2.29. The van der Waals surface area contributed by atoms with Crippen LogP contribution in [-0.2, 0) is 0 Å². The van der Waals surface area contributed by atoms with Gasteiger partial charge in [-0.2, -0.15) is 4.98 Å². The van der Waals surface area contributed by atoms with Crippen LogP contribution in [0.4, 0.5) is 0 Å². The highest BCUT2D eigenvalue weighted by Gasteiger charge is 2.36. The molecule has 2 aromatic heterocycles. The lowest BCUT2D eigenvalue weighted by Crippen LogP contribution is -2.48. The van der Waals surface area contributed by atoms with Crippen molar-refractivity contribution in [3.05, 3.63) is 58.8 Å². The normalized spacial score (nSPS) is 14.7. The second kappa shape index (κ2) is 5.62. The van der Waals surface area contributed by atoms with Gasteiger partial charge in [0.25, 0.3) is 5.91 Å². The van der Waals surface area contributed by atoms with Crippen LogP contribution < -0.4 is 0 Å². The van der Waals surface area contributed by atoms with E-state index in [1.807, 2.05) is 53.6 Å². The molecular weight excluding hydrogens is 310 g/mol. The Labute approximate surface area is 137 Å². The van der Waals surface area contributed by atoms with Crippen molar-refractivity contribution < 1.29 is 9.32 Å². The van der Waals surface area contributed by atoms with Crippen LogP contribution in [0.1, 0.15) is 27.7 Å². The zero-order valence-electron chi connectivity index (χ0n) is 12.6. The van der Waals surface area contributed by atoms with Crippen molar-refractivity contribution in [3.63, 3.8) is 0 Å². The van der Waals surface area contributed by atoms with E-state index in [1.165, 1.54) is 0 Å². The van der Waals surface area contributed by atoms with Crippen molar-refractivity contribution in [2.24, 2.45) is 0 Å². The summed E-state index contributed by atoms with van der Waals surface area (Å²) in [7, 11) is 0. The van der Waals surface area contributed by atoms with Crippen molar-refractivity contribution in [2.75, 3.05) is 13.1 Å². The second-order valence-corrected chi connectivity index (χ2v) is 6.66. The fourth-order valence-electron chi connectivity index (χ4n) is 2.67. The Morgan fingerprint density at radius 3 is 2.91 bits per heavy atom. The van der Waals surface area contributed by atoms with Gasteiger partial charge in [0.05, 0.1) is 10.8 Å². The van der Waals surface area contributed by atoms with Crippen LogP contribution in [-0.4, -0.2) is 34.0 Å². The maximum atomic E-state index is 12.4. The summed E-state index contributed by atoms with van der Waals surface area (Å²) in [6.07, 6.45) is 0. The minimum atomic E-state index is 0.0583. The van der Waals surface area contributed by atoms with Crippen LogP contribution >= 0.6 is 11.3 Å². The Bertz CT molecular complexity index is 835. The average Bonchev–Trinajstić information content (AvgIpc) is 3.16. The Hall–Kier alpha value is -2.47. The molecule has 0 unspecified atom stereocenters. The molecule has 1 aliphatic heterocycles. The van der Waals surface area contributed by atoms with E-state index in [1.54, 1.807) is 11.3 Å². The Balaban J connectivity index is 1.43. The smallest absolute Gasteiger partial charge is 0.253 e.